The van der Waals surface area contributed by atoms with Gasteiger partial charge in [-0.05, 0) is 51.9 Å². The summed E-state index contributed by atoms with van der Waals surface area (Å²) in [6.45, 7) is 2.69. The number of fused-ring (bicyclic) bond motifs is 1. The van der Waals surface area contributed by atoms with Crippen molar-refractivity contribution in [2.24, 2.45) is 5.92 Å². The van der Waals surface area contributed by atoms with Gasteiger partial charge in [0.2, 0.25) is 0 Å². The Labute approximate surface area is 178 Å². The van der Waals surface area contributed by atoms with Crippen molar-refractivity contribution in [1.82, 2.24) is 15.3 Å². The van der Waals surface area contributed by atoms with E-state index >= 15 is 0 Å². The average Bonchev–Trinajstić information content (AvgIpc) is 3.35. The Kier molecular flexibility index (Phi) is 7.14. The molecule has 4 rings (SSSR count). The van der Waals surface area contributed by atoms with E-state index < -0.39 is 0 Å². The van der Waals surface area contributed by atoms with Gasteiger partial charge in [0.05, 0.1) is 35.3 Å². The molecule has 0 aliphatic heterocycles. The highest BCUT2D eigenvalue weighted by atomic mass is 35.5. The van der Waals surface area contributed by atoms with Gasteiger partial charge in [-0.2, -0.15) is 10.6 Å². The summed E-state index contributed by atoms with van der Waals surface area (Å²) in [7, 11) is 0. The van der Waals surface area contributed by atoms with Gasteiger partial charge in [0, 0.05) is 11.6 Å². The minimum absolute atomic E-state index is 0.0195. The molecule has 29 heavy (non-hydrogen) atoms. The molecule has 1 aromatic heterocycles. The number of halogens is 1. The van der Waals surface area contributed by atoms with Crippen molar-refractivity contribution in [3.05, 3.63) is 17.0 Å². The number of aromatic nitrogens is 2. The first-order chi connectivity index (χ1) is 14.2. The van der Waals surface area contributed by atoms with Crippen molar-refractivity contribution in [3.63, 3.8) is 0 Å². The second-order valence-electron chi connectivity index (χ2n) is 8.71. The molecule has 3 aliphatic rings. The van der Waals surface area contributed by atoms with Crippen LogP contribution in [0.5, 0.6) is 0 Å². The maximum atomic E-state index is 12.1. The third kappa shape index (κ3) is 4.64. The molecule has 0 aromatic carbocycles. The monoisotopic (exact) mass is 423 g/mol. The summed E-state index contributed by atoms with van der Waals surface area (Å²) in [4.78, 5) is 18.0. The van der Waals surface area contributed by atoms with Crippen molar-refractivity contribution in [2.75, 3.05) is 6.61 Å². The maximum absolute atomic E-state index is 12.1. The lowest BCUT2D eigenvalue weighted by Gasteiger charge is -2.27. The number of hydrogen-bond acceptors (Lipinski definition) is 5. The fraction of sp³-hybridized carbons (Fsp3) is 0.818. The van der Waals surface area contributed by atoms with Crippen LogP contribution in [0.3, 0.4) is 0 Å². The van der Waals surface area contributed by atoms with Crippen LogP contribution in [0, 0.1) is 5.92 Å². The van der Waals surface area contributed by atoms with Gasteiger partial charge in [0.15, 0.2) is 0 Å². The number of rotatable bonds is 7. The van der Waals surface area contributed by atoms with Crippen molar-refractivity contribution in [1.29, 1.82) is 0 Å². The lowest BCUT2D eigenvalue weighted by atomic mass is 9.92. The van der Waals surface area contributed by atoms with Crippen molar-refractivity contribution >= 4 is 17.6 Å². The summed E-state index contributed by atoms with van der Waals surface area (Å²) in [5.41, 5.74) is 6.67. The van der Waals surface area contributed by atoms with Crippen molar-refractivity contribution < 1.29 is 14.4 Å². The van der Waals surface area contributed by atoms with Gasteiger partial charge in [-0.1, -0.05) is 25.7 Å². The summed E-state index contributed by atoms with van der Waals surface area (Å²) >= 11 is 6.74. The maximum Gasteiger partial charge on any atom is 0.310 e. The predicted octanol–water partition coefficient (Wildman–Crippen LogP) is 4.76. The van der Waals surface area contributed by atoms with Crippen LogP contribution >= 0.6 is 11.6 Å². The molecule has 3 atom stereocenters. The first kappa shape index (κ1) is 21.1. The Morgan fingerprint density at radius 2 is 1.97 bits per heavy atom. The van der Waals surface area contributed by atoms with E-state index in [1.807, 2.05) is 6.92 Å². The van der Waals surface area contributed by atoms with E-state index in [4.69, 9.17) is 26.3 Å². The highest BCUT2D eigenvalue weighted by molar-refractivity contribution is 6.20. The molecule has 2 saturated carbocycles. The number of hydrogen-bond donors (Lipinski definition) is 1. The van der Waals surface area contributed by atoms with E-state index in [2.05, 4.69) is 10.2 Å². The predicted molar refractivity (Wildman–Crippen MR) is 112 cm³/mol. The Bertz CT molecular complexity index is 702. The normalized spacial score (nSPS) is 27.7. The largest absolute Gasteiger partial charge is 0.466 e. The molecular formula is C22H34ClN3O3. The van der Waals surface area contributed by atoms with Crippen LogP contribution in [0.4, 0.5) is 0 Å². The van der Waals surface area contributed by atoms with E-state index in [9.17, 15) is 4.79 Å². The Morgan fingerprint density at radius 3 is 2.76 bits per heavy atom. The van der Waals surface area contributed by atoms with E-state index in [1.165, 1.54) is 43.4 Å². The van der Waals surface area contributed by atoms with Crippen LogP contribution in [0.25, 0.3) is 0 Å². The Morgan fingerprint density at radius 1 is 1.14 bits per heavy atom. The van der Waals surface area contributed by atoms with Crippen LogP contribution < -0.4 is 5.48 Å². The SMILES string of the molecule is CCOC(=O)[C@@H]1CCC[C@@H]1NOCc1nn(C2CCCCC2)c2c1CCCC2Cl. The number of nitrogens with zero attached hydrogens (tertiary/aromatic N) is 2. The van der Waals surface area contributed by atoms with E-state index in [1.54, 1.807) is 0 Å². The minimum atomic E-state index is -0.116. The first-order valence-corrected chi connectivity index (χ1v) is 11.9. The third-order valence-electron chi connectivity index (χ3n) is 6.78. The molecule has 0 amide bonds. The quantitative estimate of drug-likeness (QED) is 0.389. The summed E-state index contributed by atoms with van der Waals surface area (Å²) in [5, 5.41) is 5.04. The highest BCUT2D eigenvalue weighted by Gasteiger charge is 2.35. The second-order valence-corrected chi connectivity index (χ2v) is 9.24. The summed E-state index contributed by atoms with van der Waals surface area (Å²) < 4.78 is 7.45. The molecular weight excluding hydrogens is 390 g/mol. The lowest BCUT2D eigenvalue weighted by molar-refractivity contribution is -0.150. The van der Waals surface area contributed by atoms with Crippen molar-refractivity contribution in [2.45, 2.75) is 102 Å². The topological polar surface area (TPSA) is 65.4 Å². The molecule has 1 heterocycles. The fourth-order valence-corrected chi connectivity index (χ4v) is 5.69. The van der Waals surface area contributed by atoms with Crippen LogP contribution in [0.15, 0.2) is 0 Å². The number of carbonyl (C=O) groups excluding carboxylic acids is 1. The van der Waals surface area contributed by atoms with Gasteiger partial charge in [-0.3, -0.25) is 14.3 Å². The van der Waals surface area contributed by atoms with E-state index in [-0.39, 0.29) is 23.3 Å². The van der Waals surface area contributed by atoms with Crippen LogP contribution in [-0.4, -0.2) is 28.4 Å². The van der Waals surface area contributed by atoms with E-state index in [0.29, 0.717) is 19.3 Å². The van der Waals surface area contributed by atoms with Gasteiger partial charge in [-0.25, -0.2) is 0 Å². The standard InChI is InChI=1S/C22H34ClN3O3/c1-2-28-22(27)17-11-7-13-19(17)25-29-14-20-16-10-6-12-18(23)21(16)26(24-20)15-8-4-3-5-9-15/h15,17-19,25H,2-14H2,1H3/t17-,18?,19+/m1/s1. The third-order valence-corrected chi connectivity index (χ3v) is 7.21. The minimum Gasteiger partial charge on any atom is -0.466 e. The number of carbonyl (C=O) groups is 1. The summed E-state index contributed by atoms with van der Waals surface area (Å²) in [6, 6.07) is 0.493. The smallest absolute Gasteiger partial charge is 0.310 e. The summed E-state index contributed by atoms with van der Waals surface area (Å²) in [6.07, 6.45) is 12.2. The van der Waals surface area contributed by atoms with Gasteiger partial charge in [-0.15, -0.1) is 11.6 Å². The molecule has 1 aromatic rings. The molecule has 0 spiro atoms. The fourth-order valence-electron chi connectivity index (χ4n) is 5.30. The van der Waals surface area contributed by atoms with E-state index in [0.717, 1.165) is 44.2 Å². The van der Waals surface area contributed by atoms with Crippen LogP contribution in [0.1, 0.15) is 99.5 Å². The molecule has 3 aliphatic carbocycles. The number of nitrogens with one attached hydrogen (secondary N) is 1. The Balaban J connectivity index is 1.43. The molecule has 0 saturated heterocycles. The zero-order valence-corrected chi connectivity index (χ0v) is 18.3. The molecule has 1 N–H and O–H groups in total. The first-order valence-electron chi connectivity index (χ1n) is 11.5. The number of hydroxylamine groups is 1. The van der Waals surface area contributed by atoms with Crippen LogP contribution in [0.2, 0.25) is 0 Å². The molecule has 6 nitrogen and oxygen atoms in total. The van der Waals surface area contributed by atoms with Gasteiger partial charge in [0.1, 0.15) is 6.61 Å². The molecule has 1 unspecified atom stereocenters. The summed E-state index contributed by atoms with van der Waals surface area (Å²) in [5.74, 6) is -0.231. The number of ether oxygens (including phenoxy) is 1. The van der Waals surface area contributed by atoms with Gasteiger partial charge >= 0.3 is 5.97 Å². The number of esters is 1. The lowest BCUT2D eigenvalue weighted by Crippen LogP contribution is -2.37. The molecule has 162 valence electrons. The molecule has 7 heteroatoms. The van der Waals surface area contributed by atoms with Gasteiger partial charge < -0.3 is 4.74 Å². The highest BCUT2D eigenvalue weighted by Crippen LogP contribution is 2.40. The molecule has 2 fully saturated rings. The van der Waals surface area contributed by atoms with Crippen molar-refractivity contribution in [3.8, 4) is 0 Å². The van der Waals surface area contributed by atoms with Crippen LogP contribution in [-0.2, 0) is 27.4 Å². The number of alkyl halides is 1. The second kappa shape index (κ2) is 9.80. The van der Waals surface area contributed by atoms with Gasteiger partial charge in [0.25, 0.3) is 0 Å². The zero-order chi connectivity index (χ0) is 20.2. The molecule has 0 radical (unpaired) electrons. The zero-order valence-electron chi connectivity index (χ0n) is 17.5. The molecule has 0 bridgehead atoms. The Hall–Kier alpha value is -1.11. The average molecular weight is 424 g/mol.